The van der Waals surface area contributed by atoms with Crippen LogP contribution >= 0.6 is 0 Å². The molecule has 0 unspecified atom stereocenters. The van der Waals surface area contributed by atoms with E-state index in [4.69, 9.17) is 9.84 Å². The van der Waals surface area contributed by atoms with Crippen molar-refractivity contribution >= 4 is 11.5 Å². The van der Waals surface area contributed by atoms with Crippen LogP contribution in [0.15, 0.2) is 66.5 Å². The number of hydrogen-bond donors (Lipinski definition) is 0. The van der Waals surface area contributed by atoms with Gasteiger partial charge >= 0.3 is 0 Å². The molecule has 0 amide bonds. The minimum atomic E-state index is 0.767. The molecule has 0 radical (unpaired) electrons. The first-order valence-electron chi connectivity index (χ1n) is 9.98. The molecule has 3 heterocycles. The van der Waals surface area contributed by atoms with Crippen molar-refractivity contribution in [1.29, 1.82) is 0 Å². The predicted molar refractivity (Wildman–Crippen MR) is 116 cm³/mol. The van der Waals surface area contributed by atoms with Crippen LogP contribution in [0.4, 0.5) is 5.69 Å². The van der Waals surface area contributed by atoms with Crippen molar-refractivity contribution in [1.82, 2.24) is 19.8 Å². The Balaban J connectivity index is 1.38. The lowest BCUT2D eigenvalue weighted by atomic mass is 10.2. The molecule has 152 valence electrons. The van der Waals surface area contributed by atoms with E-state index < -0.39 is 0 Å². The van der Waals surface area contributed by atoms with Crippen LogP contribution in [0.1, 0.15) is 5.56 Å². The third kappa shape index (κ3) is 4.35. The molecule has 4 rings (SSSR count). The molecule has 0 atom stereocenters. The molecule has 0 N–H and O–H groups in total. The minimum Gasteiger partial charge on any atom is -0.495 e. The van der Waals surface area contributed by atoms with Gasteiger partial charge in [0.25, 0.3) is 0 Å². The van der Waals surface area contributed by atoms with Crippen LogP contribution in [0.3, 0.4) is 0 Å². The van der Waals surface area contributed by atoms with E-state index >= 15 is 0 Å². The topological polar surface area (TPSA) is 47.4 Å². The number of piperazine rings is 1. The third-order valence-corrected chi connectivity index (χ3v) is 5.30. The average Bonchev–Trinajstić information content (AvgIpc) is 3.17. The molecule has 1 fully saturated rings. The highest BCUT2D eigenvalue weighted by Crippen LogP contribution is 2.28. The van der Waals surface area contributed by atoms with Crippen molar-refractivity contribution in [3.63, 3.8) is 0 Å². The Bertz CT molecular complexity index is 847. The minimum absolute atomic E-state index is 0.767. The van der Waals surface area contributed by atoms with Gasteiger partial charge < -0.3 is 14.5 Å². The molecule has 1 saturated heterocycles. The van der Waals surface area contributed by atoms with Gasteiger partial charge in [0.15, 0.2) is 5.84 Å². The van der Waals surface area contributed by atoms with Crippen LogP contribution < -0.4 is 9.64 Å². The molecule has 1 aromatic carbocycles. The quantitative estimate of drug-likeness (QED) is 0.674. The standard InChI is InChI=1S/C22H28N6O/c1-3-11-27-18-28(24-22(27)19-7-6-10-23-16-19)17-25-12-14-26(15-13-25)20-8-4-5-9-21(20)29-2/h3-10,16H,1,11-15,17-18H2,2H3. The maximum atomic E-state index is 5.52. The van der Waals surface area contributed by atoms with Crippen molar-refractivity contribution in [2.24, 2.45) is 5.10 Å². The zero-order valence-electron chi connectivity index (χ0n) is 16.9. The van der Waals surface area contributed by atoms with Crippen molar-refractivity contribution < 1.29 is 4.74 Å². The number of amidine groups is 1. The van der Waals surface area contributed by atoms with Crippen LogP contribution in [0.2, 0.25) is 0 Å². The summed E-state index contributed by atoms with van der Waals surface area (Å²) in [6.45, 7) is 10.2. The highest BCUT2D eigenvalue weighted by molar-refractivity contribution is 5.99. The summed E-state index contributed by atoms with van der Waals surface area (Å²) in [5.74, 6) is 1.90. The summed E-state index contributed by atoms with van der Waals surface area (Å²) in [5, 5.41) is 7.00. The smallest absolute Gasteiger partial charge is 0.159 e. The van der Waals surface area contributed by atoms with E-state index in [1.807, 2.05) is 30.5 Å². The van der Waals surface area contributed by atoms with Crippen molar-refractivity contribution in [3.8, 4) is 5.75 Å². The van der Waals surface area contributed by atoms with Crippen molar-refractivity contribution in [2.45, 2.75) is 0 Å². The number of rotatable bonds is 7. The molecular formula is C22H28N6O. The Morgan fingerprint density at radius 1 is 1.10 bits per heavy atom. The molecular weight excluding hydrogens is 364 g/mol. The van der Waals surface area contributed by atoms with E-state index in [9.17, 15) is 0 Å². The normalized spacial score (nSPS) is 17.4. The Hall–Kier alpha value is -3.06. The molecule has 7 heteroatoms. The highest BCUT2D eigenvalue weighted by atomic mass is 16.5. The van der Waals surface area contributed by atoms with Gasteiger partial charge in [0, 0.05) is 50.7 Å². The summed E-state index contributed by atoms with van der Waals surface area (Å²) in [5.41, 5.74) is 2.21. The lowest BCUT2D eigenvalue weighted by Crippen LogP contribution is -2.49. The number of hydrazone groups is 1. The van der Waals surface area contributed by atoms with E-state index in [0.717, 1.165) is 63.2 Å². The molecule has 0 bridgehead atoms. The summed E-state index contributed by atoms with van der Waals surface area (Å²) in [7, 11) is 1.73. The number of ether oxygens (including phenoxy) is 1. The molecule has 0 spiro atoms. The second-order valence-corrected chi connectivity index (χ2v) is 7.24. The van der Waals surface area contributed by atoms with E-state index in [0.29, 0.717) is 0 Å². The van der Waals surface area contributed by atoms with Gasteiger partial charge in [-0.1, -0.05) is 18.2 Å². The van der Waals surface area contributed by atoms with Crippen LogP contribution in [-0.2, 0) is 0 Å². The molecule has 1 aromatic heterocycles. The lowest BCUT2D eigenvalue weighted by Gasteiger charge is -2.37. The first kappa shape index (κ1) is 19.3. The van der Waals surface area contributed by atoms with E-state index in [2.05, 4.69) is 49.5 Å². The fraction of sp³-hybridized carbons (Fsp3) is 0.364. The van der Waals surface area contributed by atoms with Gasteiger partial charge in [-0.25, -0.2) is 0 Å². The predicted octanol–water partition coefficient (Wildman–Crippen LogP) is 2.29. The largest absolute Gasteiger partial charge is 0.495 e. The molecule has 2 aliphatic rings. The van der Waals surface area contributed by atoms with Crippen LogP contribution in [0.25, 0.3) is 0 Å². The van der Waals surface area contributed by atoms with Gasteiger partial charge in [-0.05, 0) is 24.3 Å². The number of nitrogens with zero attached hydrogens (tertiary/aromatic N) is 6. The van der Waals surface area contributed by atoms with Gasteiger partial charge in [0.05, 0.1) is 19.5 Å². The van der Waals surface area contributed by atoms with E-state index in [-0.39, 0.29) is 0 Å². The summed E-state index contributed by atoms with van der Waals surface area (Å²) < 4.78 is 5.52. The van der Waals surface area contributed by atoms with E-state index in [1.165, 1.54) is 5.69 Å². The number of aromatic nitrogens is 1. The van der Waals surface area contributed by atoms with Crippen LogP contribution in [0, 0.1) is 0 Å². The number of hydrogen-bond acceptors (Lipinski definition) is 7. The molecule has 2 aromatic rings. The zero-order chi connectivity index (χ0) is 20.1. The Labute approximate surface area is 172 Å². The number of para-hydroxylation sites is 2. The Morgan fingerprint density at radius 2 is 1.93 bits per heavy atom. The monoisotopic (exact) mass is 392 g/mol. The Morgan fingerprint density at radius 3 is 2.66 bits per heavy atom. The third-order valence-electron chi connectivity index (χ3n) is 5.30. The van der Waals surface area contributed by atoms with Crippen molar-refractivity contribution in [3.05, 3.63) is 67.0 Å². The summed E-state index contributed by atoms with van der Waals surface area (Å²) in [6, 6.07) is 12.2. The first-order chi connectivity index (χ1) is 14.3. The molecule has 7 nitrogen and oxygen atoms in total. The van der Waals surface area contributed by atoms with Gasteiger partial charge in [-0.15, -0.1) is 6.58 Å². The Kier molecular flexibility index (Phi) is 5.95. The SMILES string of the molecule is C=CCN1CN(CN2CCN(c3ccccc3OC)CC2)N=C1c1cccnc1. The van der Waals surface area contributed by atoms with Gasteiger partial charge in [-0.3, -0.25) is 14.9 Å². The number of anilines is 1. The van der Waals surface area contributed by atoms with Gasteiger partial charge in [0.1, 0.15) is 12.4 Å². The van der Waals surface area contributed by atoms with Crippen molar-refractivity contribution in [2.75, 3.05) is 58.1 Å². The molecule has 29 heavy (non-hydrogen) atoms. The van der Waals surface area contributed by atoms with E-state index in [1.54, 1.807) is 13.3 Å². The molecule has 0 saturated carbocycles. The maximum Gasteiger partial charge on any atom is 0.159 e. The molecule has 0 aliphatic carbocycles. The molecule has 2 aliphatic heterocycles. The van der Waals surface area contributed by atoms with Crippen LogP contribution in [0.5, 0.6) is 5.75 Å². The van der Waals surface area contributed by atoms with Gasteiger partial charge in [0.2, 0.25) is 0 Å². The van der Waals surface area contributed by atoms with Gasteiger partial charge in [-0.2, -0.15) is 5.10 Å². The summed E-state index contributed by atoms with van der Waals surface area (Å²) >= 11 is 0. The second kappa shape index (κ2) is 8.96. The second-order valence-electron chi connectivity index (χ2n) is 7.24. The maximum absolute atomic E-state index is 5.52. The summed E-state index contributed by atoms with van der Waals surface area (Å²) in [4.78, 5) is 11.3. The summed E-state index contributed by atoms with van der Waals surface area (Å²) in [6.07, 6.45) is 5.57. The first-order valence-corrected chi connectivity index (χ1v) is 9.98. The number of methoxy groups -OCH3 is 1. The number of pyridine rings is 1. The van der Waals surface area contributed by atoms with Crippen LogP contribution in [-0.4, -0.2) is 78.8 Å². The zero-order valence-corrected chi connectivity index (χ0v) is 16.9. The number of benzene rings is 1. The lowest BCUT2D eigenvalue weighted by molar-refractivity contribution is 0.116. The average molecular weight is 393 g/mol. The fourth-order valence-electron chi connectivity index (χ4n) is 3.86. The highest BCUT2D eigenvalue weighted by Gasteiger charge is 2.26. The fourth-order valence-corrected chi connectivity index (χ4v) is 3.86.